The van der Waals surface area contributed by atoms with Crippen molar-refractivity contribution in [3.63, 3.8) is 0 Å². The molecule has 124 valence electrons. The van der Waals surface area contributed by atoms with Gasteiger partial charge in [0, 0.05) is 38.1 Å². The Morgan fingerprint density at radius 1 is 1.21 bits per heavy atom. The molecule has 1 aliphatic heterocycles. The fraction of sp³-hybridized carbons (Fsp3) is 0.389. The zero-order valence-electron chi connectivity index (χ0n) is 13.8. The molecule has 6 heteroatoms. The van der Waals surface area contributed by atoms with Crippen LogP contribution in [0.5, 0.6) is 0 Å². The maximum absolute atomic E-state index is 12.6. The number of carbonyl (C=O) groups excluding carboxylic acids is 1. The lowest BCUT2D eigenvalue weighted by atomic mass is 9.91. The highest BCUT2D eigenvalue weighted by Crippen LogP contribution is 2.28. The van der Waals surface area contributed by atoms with Crippen LogP contribution < -0.4 is 0 Å². The normalized spacial score (nSPS) is 16.0. The average molecular weight is 323 g/mol. The van der Waals surface area contributed by atoms with Gasteiger partial charge in [0.05, 0.1) is 24.3 Å². The van der Waals surface area contributed by atoms with Crippen molar-refractivity contribution in [1.82, 2.24) is 24.3 Å². The van der Waals surface area contributed by atoms with Crippen molar-refractivity contribution in [2.75, 3.05) is 13.1 Å². The largest absolute Gasteiger partial charge is 0.342 e. The van der Waals surface area contributed by atoms with Crippen molar-refractivity contribution >= 4 is 11.4 Å². The minimum Gasteiger partial charge on any atom is -0.342 e. The van der Waals surface area contributed by atoms with Gasteiger partial charge in [0.2, 0.25) is 5.91 Å². The molecule has 1 fully saturated rings. The fourth-order valence-electron chi connectivity index (χ4n) is 3.51. The Labute approximate surface area is 140 Å². The third-order valence-corrected chi connectivity index (χ3v) is 4.89. The van der Waals surface area contributed by atoms with Gasteiger partial charge in [-0.15, -0.1) is 0 Å². The first-order valence-corrected chi connectivity index (χ1v) is 8.38. The van der Waals surface area contributed by atoms with Gasteiger partial charge in [-0.05, 0) is 36.5 Å². The predicted octanol–water partition coefficient (Wildman–Crippen LogP) is 2.02. The van der Waals surface area contributed by atoms with Crippen LogP contribution in [0.25, 0.3) is 5.52 Å². The van der Waals surface area contributed by atoms with E-state index >= 15 is 0 Å². The van der Waals surface area contributed by atoms with E-state index in [1.165, 1.54) is 5.56 Å². The second-order valence-corrected chi connectivity index (χ2v) is 6.48. The van der Waals surface area contributed by atoms with E-state index in [2.05, 4.69) is 16.4 Å². The zero-order valence-corrected chi connectivity index (χ0v) is 13.8. The third-order valence-electron chi connectivity index (χ3n) is 4.89. The predicted molar refractivity (Wildman–Crippen MR) is 90.7 cm³/mol. The highest BCUT2D eigenvalue weighted by Gasteiger charge is 2.25. The van der Waals surface area contributed by atoms with Gasteiger partial charge in [0.15, 0.2) is 0 Å². The van der Waals surface area contributed by atoms with Gasteiger partial charge < -0.3 is 4.90 Å². The molecule has 1 saturated heterocycles. The number of nitrogens with zero attached hydrogens (tertiary/aromatic N) is 5. The quantitative estimate of drug-likeness (QED) is 0.741. The molecule has 3 aromatic rings. The first-order chi connectivity index (χ1) is 11.7. The monoisotopic (exact) mass is 323 g/mol. The number of amides is 1. The summed E-state index contributed by atoms with van der Waals surface area (Å²) < 4.78 is 3.66. The molecule has 1 amide bonds. The van der Waals surface area contributed by atoms with Gasteiger partial charge in [-0.3, -0.25) is 9.48 Å². The number of rotatable bonds is 3. The average Bonchev–Trinajstić information content (AvgIpc) is 3.22. The summed E-state index contributed by atoms with van der Waals surface area (Å²) in [7, 11) is 1.94. The summed E-state index contributed by atoms with van der Waals surface area (Å²) in [4.78, 5) is 14.6. The lowest BCUT2D eigenvalue weighted by Crippen LogP contribution is -2.38. The van der Waals surface area contributed by atoms with Crippen molar-refractivity contribution in [2.45, 2.75) is 25.2 Å². The van der Waals surface area contributed by atoms with Gasteiger partial charge in [0.1, 0.15) is 0 Å². The van der Waals surface area contributed by atoms with Gasteiger partial charge in [-0.25, -0.2) is 4.52 Å². The second-order valence-electron chi connectivity index (χ2n) is 6.48. The molecule has 24 heavy (non-hydrogen) atoms. The molecule has 4 heterocycles. The second kappa shape index (κ2) is 6.11. The number of carbonyl (C=O) groups is 1. The van der Waals surface area contributed by atoms with E-state index in [0.29, 0.717) is 12.3 Å². The van der Waals surface area contributed by atoms with Crippen LogP contribution in [-0.2, 0) is 18.3 Å². The standard InChI is InChI=1S/C18H21N5O/c1-21-13-16(12-19-21)14-5-8-22(9-6-14)18(24)10-15-11-20-23-7-3-2-4-17(15)23/h2-4,7,11-14H,5-6,8-10H2,1H3. The summed E-state index contributed by atoms with van der Waals surface area (Å²) in [5, 5.41) is 8.56. The Bertz CT molecular complexity index is 857. The van der Waals surface area contributed by atoms with E-state index < -0.39 is 0 Å². The number of piperidine rings is 1. The van der Waals surface area contributed by atoms with Gasteiger partial charge in [-0.2, -0.15) is 10.2 Å². The molecule has 0 bridgehead atoms. The SMILES string of the molecule is Cn1cc(C2CCN(C(=O)Cc3cnn4ccccc34)CC2)cn1. The Morgan fingerprint density at radius 3 is 2.79 bits per heavy atom. The van der Waals surface area contributed by atoms with E-state index in [1.807, 2.05) is 51.7 Å². The van der Waals surface area contributed by atoms with Crippen molar-refractivity contribution in [2.24, 2.45) is 7.05 Å². The number of pyridine rings is 1. The van der Waals surface area contributed by atoms with Crippen LogP contribution in [0.3, 0.4) is 0 Å². The van der Waals surface area contributed by atoms with Crippen LogP contribution in [-0.4, -0.2) is 43.3 Å². The topological polar surface area (TPSA) is 55.4 Å². The summed E-state index contributed by atoms with van der Waals surface area (Å²) in [6.45, 7) is 1.63. The first-order valence-electron chi connectivity index (χ1n) is 8.38. The van der Waals surface area contributed by atoms with Crippen molar-refractivity contribution in [1.29, 1.82) is 0 Å². The van der Waals surface area contributed by atoms with Crippen LogP contribution in [0.15, 0.2) is 43.0 Å². The van der Waals surface area contributed by atoms with E-state index in [1.54, 1.807) is 6.20 Å². The minimum absolute atomic E-state index is 0.193. The third kappa shape index (κ3) is 2.79. The van der Waals surface area contributed by atoms with E-state index in [-0.39, 0.29) is 5.91 Å². The molecule has 6 nitrogen and oxygen atoms in total. The Hall–Kier alpha value is -2.63. The number of hydrogen-bond acceptors (Lipinski definition) is 3. The van der Waals surface area contributed by atoms with Crippen LogP contribution in [0, 0.1) is 0 Å². The molecular weight excluding hydrogens is 302 g/mol. The van der Waals surface area contributed by atoms with Crippen LogP contribution in [0.1, 0.15) is 29.9 Å². The molecule has 0 atom stereocenters. The molecule has 0 saturated carbocycles. The Morgan fingerprint density at radius 2 is 2.04 bits per heavy atom. The molecule has 4 rings (SSSR count). The summed E-state index contributed by atoms with van der Waals surface area (Å²) in [6, 6.07) is 5.92. The van der Waals surface area contributed by atoms with Crippen LogP contribution in [0.4, 0.5) is 0 Å². The highest BCUT2D eigenvalue weighted by molar-refractivity contribution is 5.81. The lowest BCUT2D eigenvalue weighted by molar-refractivity contribution is -0.131. The Kier molecular flexibility index (Phi) is 3.80. The molecule has 0 aromatic carbocycles. The van der Waals surface area contributed by atoms with Crippen molar-refractivity contribution in [3.8, 4) is 0 Å². The summed E-state index contributed by atoms with van der Waals surface area (Å²) in [6.07, 6.45) is 10.2. The first kappa shape index (κ1) is 14.9. The van der Waals surface area contributed by atoms with Crippen LogP contribution >= 0.6 is 0 Å². The molecule has 0 unspecified atom stereocenters. The van der Waals surface area contributed by atoms with Crippen molar-refractivity contribution < 1.29 is 4.79 Å². The van der Waals surface area contributed by atoms with Crippen molar-refractivity contribution in [3.05, 3.63) is 54.1 Å². The molecular formula is C18H21N5O. The Balaban J connectivity index is 1.39. The smallest absolute Gasteiger partial charge is 0.227 e. The molecule has 0 N–H and O–H groups in total. The molecule has 1 aliphatic rings. The van der Waals surface area contributed by atoms with E-state index in [4.69, 9.17) is 0 Å². The minimum atomic E-state index is 0.193. The van der Waals surface area contributed by atoms with Gasteiger partial charge in [0.25, 0.3) is 0 Å². The summed E-state index contributed by atoms with van der Waals surface area (Å²) in [5.41, 5.74) is 3.29. The number of aryl methyl sites for hydroxylation is 1. The summed E-state index contributed by atoms with van der Waals surface area (Å²) >= 11 is 0. The number of fused-ring (bicyclic) bond motifs is 1. The van der Waals surface area contributed by atoms with Gasteiger partial charge >= 0.3 is 0 Å². The molecule has 3 aromatic heterocycles. The van der Waals surface area contributed by atoms with Gasteiger partial charge in [-0.1, -0.05) is 6.07 Å². The summed E-state index contributed by atoms with van der Waals surface area (Å²) in [5.74, 6) is 0.707. The molecule has 0 aliphatic carbocycles. The maximum Gasteiger partial charge on any atom is 0.227 e. The highest BCUT2D eigenvalue weighted by atomic mass is 16.2. The molecule has 0 spiro atoms. The van der Waals surface area contributed by atoms with E-state index in [9.17, 15) is 4.79 Å². The van der Waals surface area contributed by atoms with E-state index in [0.717, 1.165) is 37.0 Å². The fourth-order valence-corrected chi connectivity index (χ4v) is 3.51. The lowest BCUT2D eigenvalue weighted by Gasteiger charge is -2.31. The zero-order chi connectivity index (χ0) is 16.5. The molecule has 0 radical (unpaired) electrons. The number of hydrogen-bond donors (Lipinski definition) is 0. The maximum atomic E-state index is 12.6. The van der Waals surface area contributed by atoms with Crippen LogP contribution in [0.2, 0.25) is 0 Å². The number of aromatic nitrogens is 4. The number of likely N-dealkylation sites (tertiary alicyclic amines) is 1.